The van der Waals surface area contributed by atoms with Crippen molar-refractivity contribution in [1.82, 2.24) is 4.98 Å². The zero-order valence-electron chi connectivity index (χ0n) is 12.2. The monoisotopic (exact) mass is 467 g/mol. The number of pyridine rings is 1. The first-order valence-corrected chi connectivity index (χ1v) is 7.64. The van der Waals surface area contributed by atoms with E-state index in [1.165, 1.54) is 24.3 Å². The highest BCUT2D eigenvalue weighted by molar-refractivity contribution is 14.1. The van der Waals surface area contributed by atoms with E-state index in [2.05, 4.69) is 15.0 Å². The molecule has 0 aliphatic rings. The lowest BCUT2D eigenvalue weighted by Crippen LogP contribution is -2.19. The summed E-state index contributed by atoms with van der Waals surface area (Å²) in [5, 5.41) is 13.2. The van der Waals surface area contributed by atoms with Crippen molar-refractivity contribution in [2.24, 2.45) is 0 Å². The van der Waals surface area contributed by atoms with Gasteiger partial charge in [-0.1, -0.05) is 0 Å². The largest absolute Gasteiger partial charge is 0.468 e. The molecule has 1 N–H and O–H groups in total. The molecule has 0 aliphatic carbocycles. The Balaban J connectivity index is 2.08. The topological polar surface area (TPSA) is 94.4 Å². The maximum Gasteiger partial charge on any atom is 0.422 e. The zero-order valence-corrected chi connectivity index (χ0v) is 14.4. The number of ether oxygens (including phenoxy) is 1. The predicted octanol–water partition coefficient (Wildman–Crippen LogP) is 3.79. The number of non-ortho nitro benzene ring substituents is 1. The second kappa shape index (κ2) is 7.63. The van der Waals surface area contributed by atoms with Crippen LogP contribution in [0.25, 0.3) is 0 Å². The minimum absolute atomic E-state index is 0.0900. The number of rotatable bonds is 5. The summed E-state index contributed by atoms with van der Waals surface area (Å²) >= 11 is 1.86. The summed E-state index contributed by atoms with van der Waals surface area (Å²) in [4.78, 5) is 26.0. The highest BCUT2D eigenvalue weighted by atomic mass is 127. The Labute approximate surface area is 152 Å². The van der Waals surface area contributed by atoms with E-state index in [-0.39, 0.29) is 22.8 Å². The fourth-order valence-corrected chi connectivity index (χ4v) is 2.28. The maximum absolute atomic E-state index is 12.2. The summed E-state index contributed by atoms with van der Waals surface area (Å²) in [6.07, 6.45) is -3.36. The molecule has 25 heavy (non-hydrogen) atoms. The highest BCUT2D eigenvalue weighted by Crippen LogP contribution is 2.22. The zero-order chi connectivity index (χ0) is 18.6. The molecule has 0 radical (unpaired) electrons. The molecule has 1 amide bonds. The number of hydrogen-bond acceptors (Lipinski definition) is 5. The molecule has 132 valence electrons. The fourth-order valence-electron chi connectivity index (χ4n) is 1.69. The third kappa shape index (κ3) is 5.55. The Kier molecular flexibility index (Phi) is 5.77. The van der Waals surface area contributed by atoms with Gasteiger partial charge in [0.05, 0.1) is 22.4 Å². The molecule has 2 rings (SSSR count). The molecule has 0 aliphatic heterocycles. The van der Waals surface area contributed by atoms with Gasteiger partial charge < -0.3 is 10.1 Å². The van der Waals surface area contributed by atoms with Gasteiger partial charge in [0.25, 0.3) is 11.6 Å². The second-order valence-electron chi connectivity index (χ2n) is 4.66. The van der Waals surface area contributed by atoms with Crippen molar-refractivity contribution in [3.63, 3.8) is 0 Å². The van der Waals surface area contributed by atoms with Crippen molar-refractivity contribution in [2.45, 2.75) is 6.18 Å². The molecular formula is C14H9F3IN3O4. The van der Waals surface area contributed by atoms with Crippen molar-refractivity contribution < 1.29 is 27.6 Å². The Bertz CT molecular complexity index is 797. The van der Waals surface area contributed by atoms with Crippen LogP contribution in [0.3, 0.4) is 0 Å². The van der Waals surface area contributed by atoms with Crippen molar-refractivity contribution in [3.8, 4) is 5.88 Å². The van der Waals surface area contributed by atoms with Crippen LogP contribution in [-0.4, -0.2) is 28.6 Å². The van der Waals surface area contributed by atoms with E-state index in [1.54, 1.807) is 0 Å². The molecule has 1 aromatic heterocycles. The van der Waals surface area contributed by atoms with Crippen LogP contribution in [0.15, 0.2) is 36.5 Å². The maximum atomic E-state index is 12.2. The molecule has 0 fully saturated rings. The molecule has 11 heteroatoms. The number of alkyl halides is 3. The number of benzene rings is 1. The first-order chi connectivity index (χ1) is 11.7. The molecule has 1 aromatic carbocycles. The van der Waals surface area contributed by atoms with E-state index in [1.807, 2.05) is 22.6 Å². The Morgan fingerprint density at radius 2 is 2.04 bits per heavy atom. The number of nitrogens with one attached hydrogen (secondary N) is 1. The molecule has 7 nitrogen and oxygen atoms in total. The average Bonchev–Trinajstić information content (AvgIpc) is 2.53. The van der Waals surface area contributed by atoms with Gasteiger partial charge in [0, 0.05) is 21.8 Å². The van der Waals surface area contributed by atoms with Crippen molar-refractivity contribution in [2.75, 3.05) is 11.9 Å². The number of halogens is 4. The summed E-state index contributed by atoms with van der Waals surface area (Å²) in [7, 11) is 0. The third-order valence-electron chi connectivity index (χ3n) is 2.78. The number of hydrogen-bond donors (Lipinski definition) is 1. The van der Waals surface area contributed by atoms with Crippen LogP contribution < -0.4 is 10.1 Å². The summed E-state index contributed by atoms with van der Waals surface area (Å²) in [5.41, 5.74) is 0.0541. The molecule has 0 saturated carbocycles. The number of nitro groups is 1. The molecule has 0 unspecified atom stereocenters. The Morgan fingerprint density at radius 3 is 2.60 bits per heavy atom. The number of nitrogens with zero attached hydrogens (tertiary/aromatic N) is 2. The number of carbonyl (C=O) groups is 1. The summed E-state index contributed by atoms with van der Waals surface area (Å²) in [6.45, 7) is -1.47. The number of aromatic nitrogens is 1. The van der Waals surface area contributed by atoms with E-state index in [0.717, 1.165) is 12.3 Å². The van der Waals surface area contributed by atoms with Crippen LogP contribution in [0, 0.1) is 13.7 Å². The lowest BCUT2D eigenvalue weighted by molar-refractivity contribution is -0.384. The first-order valence-electron chi connectivity index (χ1n) is 6.56. The third-order valence-corrected chi connectivity index (χ3v) is 3.72. The van der Waals surface area contributed by atoms with Gasteiger partial charge in [0.1, 0.15) is 0 Å². The molecule has 0 atom stereocenters. The van der Waals surface area contributed by atoms with Crippen LogP contribution in [0.1, 0.15) is 10.4 Å². The molecule has 0 bridgehead atoms. The van der Waals surface area contributed by atoms with E-state index >= 15 is 0 Å². The van der Waals surface area contributed by atoms with E-state index in [9.17, 15) is 28.1 Å². The van der Waals surface area contributed by atoms with Crippen molar-refractivity contribution in [1.29, 1.82) is 0 Å². The number of anilines is 1. The van der Waals surface area contributed by atoms with Gasteiger partial charge in [-0.25, -0.2) is 4.98 Å². The molecule has 2 aromatic rings. The number of carbonyl (C=O) groups excluding carboxylic acids is 1. The lowest BCUT2D eigenvalue weighted by atomic mass is 10.2. The van der Waals surface area contributed by atoms with Crippen molar-refractivity contribution >= 4 is 39.9 Å². The van der Waals surface area contributed by atoms with Gasteiger partial charge in [-0.05, 0) is 34.7 Å². The standard InChI is InChI=1S/C14H9F3IN3O4/c15-14(16,17)7-25-12-4-1-8(6-19-12)20-13(22)10-5-9(21(23)24)2-3-11(10)18/h1-6H,7H2,(H,20,22). The van der Waals surface area contributed by atoms with Gasteiger partial charge in [-0.15, -0.1) is 0 Å². The normalized spacial score (nSPS) is 11.0. The van der Waals surface area contributed by atoms with Crippen LogP contribution >= 0.6 is 22.6 Å². The Morgan fingerprint density at radius 1 is 1.32 bits per heavy atom. The quantitative estimate of drug-likeness (QED) is 0.411. The predicted molar refractivity (Wildman–Crippen MR) is 89.6 cm³/mol. The second-order valence-corrected chi connectivity index (χ2v) is 5.83. The van der Waals surface area contributed by atoms with Gasteiger partial charge in [0.15, 0.2) is 6.61 Å². The molecule has 1 heterocycles. The summed E-state index contributed by atoms with van der Waals surface area (Å²) in [6, 6.07) is 6.30. The minimum atomic E-state index is -4.48. The fraction of sp³-hybridized carbons (Fsp3) is 0.143. The van der Waals surface area contributed by atoms with Gasteiger partial charge in [0.2, 0.25) is 5.88 Å². The van der Waals surface area contributed by atoms with Crippen LogP contribution in [0.4, 0.5) is 24.5 Å². The van der Waals surface area contributed by atoms with Gasteiger partial charge in [-0.3, -0.25) is 14.9 Å². The van der Waals surface area contributed by atoms with Crippen LogP contribution in [0.2, 0.25) is 0 Å². The van der Waals surface area contributed by atoms with Crippen LogP contribution in [0.5, 0.6) is 5.88 Å². The summed E-state index contributed by atoms with van der Waals surface area (Å²) < 4.78 is 41.1. The van der Waals surface area contributed by atoms with E-state index in [4.69, 9.17) is 0 Å². The van der Waals surface area contributed by atoms with Crippen LogP contribution in [-0.2, 0) is 0 Å². The molecule has 0 saturated heterocycles. The summed E-state index contributed by atoms with van der Waals surface area (Å²) in [5.74, 6) is -0.862. The number of nitro benzene ring substituents is 1. The molecular weight excluding hydrogens is 458 g/mol. The number of amides is 1. The average molecular weight is 467 g/mol. The first kappa shape index (κ1) is 18.9. The van der Waals surface area contributed by atoms with Gasteiger partial charge >= 0.3 is 6.18 Å². The Hall–Kier alpha value is -2.44. The van der Waals surface area contributed by atoms with E-state index in [0.29, 0.717) is 3.57 Å². The SMILES string of the molecule is O=C(Nc1ccc(OCC(F)(F)F)nc1)c1cc([N+](=O)[O-])ccc1I. The molecule has 0 spiro atoms. The minimum Gasteiger partial charge on any atom is -0.468 e. The lowest BCUT2D eigenvalue weighted by Gasteiger charge is -2.09. The van der Waals surface area contributed by atoms with E-state index < -0.39 is 23.6 Å². The highest BCUT2D eigenvalue weighted by Gasteiger charge is 2.28. The van der Waals surface area contributed by atoms with Gasteiger partial charge in [-0.2, -0.15) is 13.2 Å². The van der Waals surface area contributed by atoms with Crippen molar-refractivity contribution in [3.05, 3.63) is 55.8 Å². The smallest absolute Gasteiger partial charge is 0.422 e.